The Morgan fingerprint density at radius 2 is 2.23 bits per heavy atom. The van der Waals surface area contributed by atoms with Crippen molar-refractivity contribution in [3.8, 4) is 22.8 Å². The molecule has 3 heterocycles. The van der Waals surface area contributed by atoms with Gasteiger partial charge in [0.1, 0.15) is 17.2 Å². The molecule has 0 aromatic carbocycles. The van der Waals surface area contributed by atoms with Crippen LogP contribution >= 0.6 is 0 Å². The molecule has 0 spiro atoms. The number of hydrogen-bond acceptors (Lipinski definition) is 6. The van der Waals surface area contributed by atoms with E-state index in [1.54, 1.807) is 18.3 Å². The highest BCUT2D eigenvalue weighted by Gasteiger charge is 2.43. The first-order chi connectivity index (χ1) is 16.2. The number of nitrogens with one attached hydrogen (secondary N) is 2. The van der Waals surface area contributed by atoms with Gasteiger partial charge < -0.3 is 24.7 Å². The Balaban J connectivity index is 1.43. The van der Waals surface area contributed by atoms with Crippen LogP contribution in [0.15, 0.2) is 30.6 Å². The molecule has 162 valence electrons. The second-order valence-corrected chi connectivity index (χ2v) is 8.56. The van der Waals surface area contributed by atoms with Gasteiger partial charge in [-0.05, 0) is 57.5 Å². The molecule has 3 aromatic rings. The molecule has 8 heteroatoms. The van der Waals surface area contributed by atoms with E-state index in [0.717, 1.165) is 31.2 Å². The van der Waals surface area contributed by atoms with Gasteiger partial charge in [0, 0.05) is 35.8 Å². The number of carbonyl (C=O) groups excluding carboxylic acids is 1. The van der Waals surface area contributed by atoms with E-state index in [1.165, 1.54) is 6.20 Å². The maximum absolute atomic E-state index is 12.6. The number of nitrogens with zero attached hydrogens (tertiary/aromatic N) is 3. The molecule has 2 atom stereocenters. The standard InChI is InChI=1S/C23H27N5O3/c1-28(2)12-13-10-16(13)22(29)27-19-7-6-15-17(11-25-21(15)26-19)20-18(31-14-4-5-14)8-9-24-23(20)30-3/h6-9,11,13-14,16H,4-5,10,12H2,1-3H3,(H2,25,26,27,29)/i3D3. The Morgan fingerprint density at radius 3 is 3.00 bits per heavy atom. The number of fused-ring (bicyclic) bond motifs is 1. The monoisotopic (exact) mass is 424 g/mol. The zero-order valence-electron chi connectivity index (χ0n) is 20.5. The number of ether oxygens (including phenoxy) is 2. The minimum Gasteiger partial charge on any atom is -0.490 e. The molecule has 0 radical (unpaired) electrons. The van der Waals surface area contributed by atoms with E-state index in [-0.39, 0.29) is 23.8 Å². The van der Waals surface area contributed by atoms with Crippen molar-refractivity contribution in [2.75, 3.05) is 33.0 Å². The lowest BCUT2D eigenvalue weighted by Gasteiger charge is -2.13. The molecule has 0 saturated heterocycles. The van der Waals surface area contributed by atoms with Crippen molar-refractivity contribution < 1.29 is 18.4 Å². The topological polar surface area (TPSA) is 92.4 Å². The maximum Gasteiger partial charge on any atom is 0.228 e. The SMILES string of the molecule is [2H]C([2H])([2H])Oc1nccc(OC2CC2)c1-c1c[nH]c2nc(NC(=O)C3CC3CN(C)C)ccc12. The first kappa shape index (κ1) is 16.5. The smallest absolute Gasteiger partial charge is 0.228 e. The Kier molecular flexibility index (Phi) is 4.19. The fourth-order valence-corrected chi connectivity index (χ4v) is 3.95. The van der Waals surface area contributed by atoms with Crippen molar-refractivity contribution in [1.29, 1.82) is 0 Å². The number of H-pyrrole nitrogens is 1. The number of pyridine rings is 2. The summed E-state index contributed by atoms with van der Waals surface area (Å²) >= 11 is 0. The first-order valence-corrected chi connectivity index (χ1v) is 10.5. The molecule has 2 aliphatic rings. The van der Waals surface area contributed by atoms with Crippen LogP contribution in [0.2, 0.25) is 0 Å². The van der Waals surface area contributed by atoms with Crippen molar-refractivity contribution in [2.24, 2.45) is 11.8 Å². The Hall–Kier alpha value is -3.13. The van der Waals surface area contributed by atoms with E-state index in [0.29, 0.717) is 34.3 Å². The minimum absolute atomic E-state index is 0.0104. The molecule has 2 N–H and O–H groups in total. The normalized spacial score (nSPS) is 22.0. The van der Waals surface area contributed by atoms with Crippen LogP contribution < -0.4 is 14.8 Å². The van der Waals surface area contributed by atoms with Gasteiger partial charge in [0.2, 0.25) is 11.8 Å². The molecule has 0 bridgehead atoms. The summed E-state index contributed by atoms with van der Waals surface area (Å²) in [6, 6.07) is 5.28. The summed E-state index contributed by atoms with van der Waals surface area (Å²) in [6.07, 6.45) is 6.09. The largest absolute Gasteiger partial charge is 0.490 e. The molecule has 2 unspecified atom stereocenters. The number of aromatic amines is 1. The summed E-state index contributed by atoms with van der Waals surface area (Å²) in [4.78, 5) is 26.5. The van der Waals surface area contributed by atoms with E-state index in [2.05, 4.69) is 25.2 Å². The van der Waals surface area contributed by atoms with E-state index in [9.17, 15) is 4.79 Å². The van der Waals surface area contributed by atoms with Crippen molar-refractivity contribution in [1.82, 2.24) is 19.9 Å². The highest BCUT2D eigenvalue weighted by atomic mass is 16.5. The lowest BCUT2D eigenvalue weighted by atomic mass is 10.1. The number of rotatable bonds is 8. The van der Waals surface area contributed by atoms with Gasteiger partial charge in [-0.15, -0.1) is 0 Å². The van der Waals surface area contributed by atoms with E-state index < -0.39 is 7.04 Å². The van der Waals surface area contributed by atoms with Gasteiger partial charge in [0.05, 0.1) is 22.8 Å². The van der Waals surface area contributed by atoms with Crippen LogP contribution in [-0.2, 0) is 4.79 Å². The van der Waals surface area contributed by atoms with Crippen molar-refractivity contribution >= 4 is 22.8 Å². The molecule has 0 aliphatic heterocycles. The van der Waals surface area contributed by atoms with Gasteiger partial charge in [0.25, 0.3) is 0 Å². The molecule has 1 amide bonds. The summed E-state index contributed by atoms with van der Waals surface area (Å²) in [5.41, 5.74) is 1.67. The van der Waals surface area contributed by atoms with E-state index in [1.807, 2.05) is 20.2 Å². The second kappa shape index (κ2) is 7.85. The molecular formula is C23H27N5O3. The predicted octanol–water partition coefficient (Wildman–Crippen LogP) is 3.31. The third-order valence-electron chi connectivity index (χ3n) is 5.71. The number of hydrogen-bond donors (Lipinski definition) is 2. The van der Waals surface area contributed by atoms with Crippen LogP contribution in [0.4, 0.5) is 5.82 Å². The van der Waals surface area contributed by atoms with Crippen molar-refractivity contribution in [2.45, 2.75) is 25.4 Å². The second-order valence-electron chi connectivity index (χ2n) is 8.56. The molecule has 2 fully saturated rings. The average Bonchev–Trinajstić information content (AvgIpc) is 3.66. The van der Waals surface area contributed by atoms with E-state index in [4.69, 9.17) is 13.6 Å². The lowest BCUT2D eigenvalue weighted by Crippen LogP contribution is -2.20. The Labute approximate surface area is 185 Å². The first-order valence-electron chi connectivity index (χ1n) is 12.0. The fraction of sp³-hybridized carbons (Fsp3) is 0.435. The summed E-state index contributed by atoms with van der Waals surface area (Å²) in [5.74, 6) is 1.30. The number of anilines is 1. The third kappa shape index (κ3) is 4.07. The minimum atomic E-state index is -2.66. The van der Waals surface area contributed by atoms with Gasteiger partial charge >= 0.3 is 0 Å². The number of aromatic nitrogens is 3. The fourth-order valence-electron chi connectivity index (χ4n) is 3.95. The van der Waals surface area contributed by atoms with Crippen LogP contribution in [-0.4, -0.2) is 59.5 Å². The molecule has 3 aromatic heterocycles. The summed E-state index contributed by atoms with van der Waals surface area (Å²) in [7, 11) is 1.35. The van der Waals surface area contributed by atoms with Gasteiger partial charge in [-0.25, -0.2) is 9.97 Å². The zero-order chi connectivity index (χ0) is 24.0. The summed E-state index contributed by atoms with van der Waals surface area (Å²) in [6.45, 7) is 0.890. The summed E-state index contributed by atoms with van der Waals surface area (Å²) < 4.78 is 33.8. The van der Waals surface area contributed by atoms with Crippen LogP contribution in [0, 0.1) is 11.8 Å². The van der Waals surface area contributed by atoms with Crippen LogP contribution in [0.5, 0.6) is 11.6 Å². The molecule has 5 rings (SSSR count). The van der Waals surface area contributed by atoms with Gasteiger partial charge in [-0.3, -0.25) is 4.79 Å². The van der Waals surface area contributed by atoms with Crippen LogP contribution in [0.25, 0.3) is 22.2 Å². The third-order valence-corrected chi connectivity index (χ3v) is 5.71. The molecular weight excluding hydrogens is 394 g/mol. The number of carbonyl (C=O) groups is 1. The van der Waals surface area contributed by atoms with Gasteiger partial charge in [-0.2, -0.15) is 0 Å². The number of amides is 1. The van der Waals surface area contributed by atoms with E-state index >= 15 is 0 Å². The lowest BCUT2D eigenvalue weighted by molar-refractivity contribution is -0.117. The quantitative estimate of drug-likeness (QED) is 0.576. The molecule has 2 aliphatic carbocycles. The molecule has 31 heavy (non-hydrogen) atoms. The summed E-state index contributed by atoms with van der Waals surface area (Å²) in [5, 5.41) is 3.65. The number of methoxy groups -OCH3 is 1. The Morgan fingerprint density at radius 1 is 1.35 bits per heavy atom. The molecule has 2 saturated carbocycles. The molecule has 8 nitrogen and oxygen atoms in total. The highest BCUT2D eigenvalue weighted by molar-refractivity contribution is 5.99. The van der Waals surface area contributed by atoms with Gasteiger partial charge in [0.15, 0.2) is 0 Å². The van der Waals surface area contributed by atoms with Crippen molar-refractivity contribution in [3.05, 3.63) is 30.6 Å². The maximum atomic E-state index is 12.6. The zero-order valence-corrected chi connectivity index (χ0v) is 17.5. The highest BCUT2D eigenvalue weighted by Crippen LogP contribution is 2.43. The van der Waals surface area contributed by atoms with Gasteiger partial charge in [-0.1, -0.05) is 0 Å². The van der Waals surface area contributed by atoms with Crippen LogP contribution in [0.1, 0.15) is 23.4 Å². The van der Waals surface area contributed by atoms with Crippen LogP contribution in [0.3, 0.4) is 0 Å². The average molecular weight is 425 g/mol. The predicted molar refractivity (Wildman–Crippen MR) is 118 cm³/mol. The van der Waals surface area contributed by atoms with Crippen molar-refractivity contribution in [3.63, 3.8) is 0 Å². The Bertz CT molecular complexity index is 1220.